The monoisotopic (exact) mass is 384 g/mol. The molecule has 0 bridgehead atoms. The predicted octanol–water partition coefficient (Wildman–Crippen LogP) is 4.01. The van der Waals surface area contributed by atoms with Gasteiger partial charge in [0.05, 0.1) is 4.88 Å². The fourth-order valence-electron chi connectivity index (χ4n) is 2.67. The maximum absolute atomic E-state index is 12.2. The van der Waals surface area contributed by atoms with Crippen molar-refractivity contribution in [3.63, 3.8) is 0 Å². The van der Waals surface area contributed by atoms with Gasteiger partial charge in [0, 0.05) is 38.3 Å². The molecular formula is C20H24N4O2S. The van der Waals surface area contributed by atoms with Crippen molar-refractivity contribution in [3.05, 3.63) is 53.2 Å². The summed E-state index contributed by atoms with van der Waals surface area (Å²) in [7, 11) is 3.92. The summed E-state index contributed by atoms with van der Waals surface area (Å²) in [6, 6.07) is 11.6. The minimum Gasteiger partial charge on any atom is -0.378 e. The normalized spacial score (nSPS) is 10.7. The quantitative estimate of drug-likeness (QED) is 0.565. The van der Waals surface area contributed by atoms with Crippen LogP contribution in [0.5, 0.6) is 0 Å². The molecule has 1 amide bonds. The Labute approximate surface area is 163 Å². The van der Waals surface area contributed by atoms with Crippen LogP contribution in [0.25, 0.3) is 10.7 Å². The third-order valence-electron chi connectivity index (χ3n) is 4.19. The summed E-state index contributed by atoms with van der Waals surface area (Å²) in [6.45, 7) is 0.662. The Morgan fingerprint density at radius 1 is 1.19 bits per heavy atom. The summed E-state index contributed by atoms with van der Waals surface area (Å²) < 4.78 is 5.29. The fourth-order valence-corrected chi connectivity index (χ4v) is 3.32. The Morgan fingerprint density at radius 3 is 2.85 bits per heavy atom. The number of benzene rings is 1. The van der Waals surface area contributed by atoms with Crippen molar-refractivity contribution in [2.75, 3.05) is 25.5 Å². The Morgan fingerprint density at radius 2 is 2.07 bits per heavy atom. The molecule has 6 nitrogen and oxygen atoms in total. The highest BCUT2D eigenvalue weighted by Crippen LogP contribution is 2.21. The second kappa shape index (κ2) is 9.32. The van der Waals surface area contributed by atoms with E-state index in [0.29, 0.717) is 23.8 Å². The van der Waals surface area contributed by atoms with Gasteiger partial charge in [0.2, 0.25) is 11.7 Å². The Kier molecular flexibility index (Phi) is 6.59. The number of carbonyl (C=O) groups is 1. The average molecular weight is 385 g/mol. The lowest BCUT2D eigenvalue weighted by molar-refractivity contribution is 0.0953. The number of carbonyl (C=O) groups excluding carboxylic acids is 1. The molecule has 1 N–H and O–H groups in total. The maximum Gasteiger partial charge on any atom is 0.251 e. The first-order chi connectivity index (χ1) is 13.1. The number of thiophene rings is 1. The highest BCUT2D eigenvalue weighted by molar-refractivity contribution is 7.13. The number of nitrogens with zero attached hydrogens (tertiary/aromatic N) is 3. The first kappa shape index (κ1) is 19.1. The molecule has 0 saturated heterocycles. The van der Waals surface area contributed by atoms with Crippen LogP contribution in [0.1, 0.15) is 35.5 Å². The topological polar surface area (TPSA) is 71.3 Å². The van der Waals surface area contributed by atoms with E-state index in [2.05, 4.69) is 15.5 Å². The van der Waals surface area contributed by atoms with Gasteiger partial charge >= 0.3 is 0 Å². The molecule has 0 aliphatic rings. The van der Waals surface area contributed by atoms with Gasteiger partial charge in [0.25, 0.3) is 5.91 Å². The van der Waals surface area contributed by atoms with E-state index in [1.54, 1.807) is 11.3 Å². The summed E-state index contributed by atoms with van der Waals surface area (Å²) in [4.78, 5) is 19.7. The van der Waals surface area contributed by atoms with Crippen LogP contribution in [0.2, 0.25) is 0 Å². The lowest BCUT2D eigenvalue weighted by Gasteiger charge is -2.13. The standard InChI is InChI=1S/C20H24N4O2S/c1-24(2)16-9-6-8-15(14-16)20(25)21-12-5-3-4-11-18-22-19(23-26-18)17-10-7-13-27-17/h6-10,13-14H,3-5,11-12H2,1-2H3,(H,21,25). The highest BCUT2D eigenvalue weighted by atomic mass is 32.1. The molecule has 0 aliphatic carbocycles. The van der Waals surface area contributed by atoms with Crippen molar-refractivity contribution in [2.24, 2.45) is 0 Å². The summed E-state index contributed by atoms with van der Waals surface area (Å²) >= 11 is 1.60. The first-order valence-corrected chi connectivity index (χ1v) is 9.93. The fraction of sp³-hybridized carbons (Fsp3) is 0.350. The van der Waals surface area contributed by atoms with Crippen LogP contribution in [-0.2, 0) is 6.42 Å². The molecule has 7 heteroatoms. The van der Waals surface area contributed by atoms with Crippen molar-refractivity contribution in [3.8, 4) is 10.7 Å². The zero-order valence-corrected chi connectivity index (χ0v) is 16.5. The third kappa shape index (κ3) is 5.40. The van der Waals surface area contributed by atoms with Crippen molar-refractivity contribution < 1.29 is 9.32 Å². The number of hydrogen-bond acceptors (Lipinski definition) is 6. The maximum atomic E-state index is 12.2. The van der Waals surface area contributed by atoms with Gasteiger partial charge in [-0.05, 0) is 42.5 Å². The Bertz CT molecular complexity index is 859. The summed E-state index contributed by atoms with van der Waals surface area (Å²) in [5.74, 6) is 1.30. The lowest BCUT2D eigenvalue weighted by Crippen LogP contribution is -2.24. The van der Waals surface area contributed by atoms with Gasteiger partial charge < -0.3 is 14.7 Å². The molecule has 3 aromatic rings. The number of aromatic nitrogens is 2. The molecule has 27 heavy (non-hydrogen) atoms. The summed E-state index contributed by atoms with van der Waals surface area (Å²) in [6.07, 6.45) is 3.63. The predicted molar refractivity (Wildman–Crippen MR) is 108 cm³/mol. The molecule has 0 fully saturated rings. The summed E-state index contributed by atoms with van der Waals surface area (Å²) in [5.41, 5.74) is 1.71. The van der Waals surface area contributed by atoms with E-state index < -0.39 is 0 Å². The Hall–Kier alpha value is -2.67. The van der Waals surface area contributed by atoms with E-state index in [4.69, 9.17) is 4.52 Å². The molecule has 1 aromatic carbocycles. The van der Waals surface area contributed by atoms with Crippen LogP contribution in [0.3, 0.4) is 0 Å². The molecule has 0 aliphatic heterocycles. The molecule has 0 unspecified atom stereocenters. The van der Waals surface area contributed by atoms with E-state index in [-0.39, 0.29) is 5.91 Å². The van der Waals surface area contributed by atoms with Crippen LogP contribution in [0, 0.1) is 0 Å². The molecular weight excluding hydrogens is 360 g/mol. The van der Waals surface area contributed by atoms with E-state index >= 15 is 0 Å². The third-order valence-corrected chi connectivity index (χ3v) is 5.05. The van der Waals surface area contributed by atoms with E-state index in [9.17, 15) is 4.79 Å². The van der Waals surface area contributed by atoms with Gasteiger partial charge in [-0.1, -0.05) is 23.7 Å². The molecule has 3 rings (SSSR count). The minimum absolute atomic E-state index is 0.0313. The molecule has 2 heterocycles. The van der Waals surface area contributed by atoms with Crippen molar-refractivity contribution in [2.45, 2.75) is 25.7 Å². The van der Waals surface area contributed by atoms with Crippen LogP contribution >= 0.6 is 11.3 Å². The van der Waals surface area contributed by atoms with Gasteiger partial charge in [-0.3, -0.25) is 4.79 Å². The van der Waals surface area contributed by atoms with Gasteiger partial charge in [-0.25, -0.2) is 0 Å². The molecule has 0 spiro atoms. The number of hydrogen-bond donors (Lipinski definition) is 1. The lowest BCUT2D eigenvalue weighted by atomic mass is 10.1. The molecule has 0 radical (unpaired) electrons. The SMILES string of the molecule is CN(C)c1cccc(C(=O)NCCCCCc2nc(-c3cccs3)no2)c1. The van der Waals surface area contributed by atoms with Crippen LogP contribution < -0.4 is 10.2 Å². The van der Waals surface area contributed by atoms with Gasteiger partial charge in [0.15, 0.2) is 0 Å². The smallest absolute Gasteiger partial charge is 0.251 e. The van der Waals surface area contributed by atoms with Crippen LogP contribution in [0.15, 0.2) is 46.3 Å². The number of nitrogens with one attached hydrogen (secondary N) is 1. The van der Waals surface area contributed by atoms with E-state index in [1.807, 2.05) is 60.8 Å². The largest absolute Gasteiger partial charge is 0.378 e. The number of rotatable bonds is 9. The van der Waals surface area contributed by atoms with Gasteiger partial charge in [0.1, 0.15) is 0 Å². The minimum atomic E-state index is -0.0313. The Balaban J connectivity index is 1.35. The zero-order chi connectivity index (χ0) is 19.1. The second-order valence-electron chi connectivity index (χ2n) is 6.50. The molecule has 142 valence electrons. The average Bonchev–Trinajstić information content (AvgIpc) is 3.36. The number of amides is 1. The van der Waals surface area contributed by atoms with E-state index in [1.165, 1.54) is 0 Å². The molecule has 0 atom stereocenters. The van der Waals surface area contributed by atoms with Crippen LogP contribution in [0.4, 0.5) is 5.69 Å². The number of anilines is 1. The van der Waals surface area contributed by atoms with Crippen molar-refractivity contribution >= 4 is 22.9 Å². The number of unbranched alkanes of at least 4 members (excludes halogenated alkanes) is 2. The van der Waals surface area contributed by atoms with Gasteiger partial charge in [-0.15, -0.1) is 11.3 Å². The molecule has 0 saturated carbocycles. The van der Waals surface area contributed by atoms with Crippen LogP contribution in [-0.4, -0.2) is 36.7 Å². The number of aryl methyl sites for hydroxylation is 1. The highest BCUT2D eigenvalue weighted by Gasteiger charge is 2.09. The second-order valence-corrected chi connectivity index (χ2v) is 7.45. The first-order valence-electron chi connectivity index (χ1n) is 9.05. The van der Waals surface area contributed by atoms with Crippen molar-refractivity contribution in [1.82, 2.24) is 15.5 Å². The van der Waals surface area contributed by atoms with Gasteiger partial charge in [-0.2, -0.15) is 4.98 Å². The summed E-state index contributed by atoms with van der Waals surface area (Å²) in [5, 5.41) is 8.99. The van der Waals surface area contributed by atoms with E-state index in [0.717, 1.165) is 36.2 Å². The van der Waals surface area contributed by atoms with Crippen molar-refractivity contribution in [1.29, 1.82) is 0 Å². The molecule has 2 aromatic heterocycles. The zero-order valence-electron chi connectivity index (χ0n) is 15.6.